The van der Waals surface area contributed by atoms with Crippen LogP contribution in [0.5, 0.6) is 0 Å². The third-order valence-electron chi connectivity index (χ3n) is 3.30. The van der Waals surface area contributed by atoms with Crippen LogP contribution in [0.4, 0.5) is 0 Å². The molecule has 0 bridgehead atoms. The Morgan fingerprint density at radius 1 is 1.41 bits per heavy atom. The van der Waals surface area contributed by atoms with E-state index in [1.54, 1.807) is 0 Å². The van der Waals surface area contributed by atoms with E-state index in [0.29, 0.717) is 13.2 Å². The van der Waals surface area contributed by atoms with E-state index in [4.69, 9.17) is 10.5 Å². The van der Waals surface area contributed by atoms with Crippen molar-refractivity contribution in [3.63, 3.8) is 0 Å². The summed E-state index contributed by atoms with van der Waals surface area (Å²) >= 11 is 1.81. The van der Waals surface area contributed by atoms with Gasteiger partial charge in [-0.3, -0.25) is 0 Å². The summed E-state index contributed by atoms with van der Waals surface area (Å²) < 4.78 is 5.19. The molecule has 1 atom stereocenters. The summed E-state index contributed by atoms with van der Waals surface area (Å²) in [5.74, 6) is 1.07. The van der Waals surface area contributed by atoms with Gasteiger partial charge in [-0.25, -0.2) is 0 Å². The third-order valence-corrected chi connectivity index (χ3v) is 4.20. The molecule has 0 amide bonds. The summed E-state index contributed by atoms with van der Waals surface area (Å²) in [6.07, 6.45) is 0. The van der Waals surface area contributed by atoms with Crippen molar-refractivity contribution < 1.29 is 9.84 Å². The summed E-state index contributed by atoms with van der Waals surface area (Å²) in [5, 5.41) is 9.44. The SMILES string of the molecule is CCSc1ccc(C(N)C2(CO)COC2)cc1. The highest BCUT2D eigenvalue weighted by molar-refractivity contribution is 7.99. The van der Waals surface area contributed by atoms with Crippen LogP contribution in [0, 0.1) is 5.41 Å². The van der Waals surface area contributed by atoms with Crippen LogP contribution in [0.25, 0.3) is 0 Å². The Morgan fingerprint density at radius 2 is 2.06 bits per heavy atom. The number of ether oxygens (including phenoxy) is 1. The number of aliphatic hydroxyl groups is 1. The summed E-state index contributed by atoms with van der Waals surface area (Å²) in [7, 11) is 0. The van der Waals surface area contributed by atoms with Crippen LogP contribution in [0.1, 0.15) is 18.5 Å². The van der Waals surface area contributed by atoms with Crippen molar-refractivity contribution in [1.29, 1.82) is 0 Å². The average Bonchev–Trinajstić information content (AvgIpc) is 2.29. The van der Waals surface area contributed by atoms with E-state index >= 15 is 0 Å². The van der Waals surface area contributed by atoms with E-state index in [1.807, 2.05) is 11.8 Å². The fraction of sp³-hybridized carbons (Fsp3) is 0.538. The van der Waals surface area contributed by atoms with Crippen molar-refractivity contribution in [2.45, 2.75) is 17.9 Å². The van der Waals surface area contributed by atoms with Crippen LogP contribution < -0.4 is 5.73 Å². The molecular weight excluding hydrogens is 234 g/mol. The highest BCUT2D eigenvalue weighted by atomic mass is 32.2. The van der Waals surface area contributed by atoms with Gasteiger partial charge >= 0.3 is 0 Å². The third kappa shape index (κ3) is 2.50. The number of aliphatic hydroxyl groups excluding tert-OH is 1. The first-order valence-corrected chi connectivity index (χ1v) is 6.87. The second kappa shape index (κ2) is 5.40. The van der Waals surface area contributed by atoms with Crippen molar-refractivity contribution >= 4 is 11.8 Å². The van der Waals surface area contributed by atoms with Gasteiger partial charge in [-0.05, 0) is 23.4 Å². The van der Waals surface area contributed by atoms with Gasteiger partial charge in [0, 0.05) is 10.9 Å². The number of nitrogens with two attached hydrogens (primary N) is 1. The van der Waals surface area contributed by atoms with Crippen molar-refractivity contribution in [3.8, 4) is 0 Å². The van der Waals surface area contributed by atoms with Gasteiger partial charge in [0.25, 0.3) is 0 Å². The zero-order valence-corrected chi connectivity index (χ0v) is 10.9. The highest BCUT2D eigenvalue weighted by Crippen LogP contribution is 2.38. The molecule has 1 aliphatic rings. The fourth-order valence-electron chi connectivity index (χ4n) is 2.03. The lowest BCUT2D eigenvalue weighted by Crippen LogP contribution is -2.52. The minimum Gasteiger partial charge on any atom is -0.396 e. The molecule has 1 aromatic carbocycles. The van der Waals surface area contributed by atoms with Crippen molar-refractivity contribution in [2.24, 2.45) is 11.1 Å². The predicted molar refractivity (Wildman–Crippen MR) is 70.1 cm³/mol. The second-order valence-corrected chi connectivity index (χ2v) is 5.83. The minimum absolute atomic E-state index is 0.0830. The van der Waals surface area contributed by atoms with Gasteiger partial charge in [-0.15, -0.1) is 11.8 Å². The number of benzene rings is 1. The zero-order valence-electron chi connectivity index (χ0n) is 10.1. The number of rotatable bonds is 5. The van der Waals surface area contributed by atoms with Gasteiger partial charge in [-0.1, -0.05) is 19.1 Å². The van der Waals surface area contributed by atoms with E-state index < -0.39 is 0 Å². The quantitative estimate of drug-likeness (QED) is 0.786. The lowest BCUT2D eigenvalue weighted by molar-refractivity contribution is -0.150. The summed E-state index contributed by atoms with van der Waals surface area (Å²) in [6.45, 7) is 3.32. The molecule has 3 nitrogen and oxygen atoms in total. The first-order valence-electron chi connectivity index (χ1n) is 5.89. The maximum atomic E-state index is 9.44. The molecule has 0 saturated carbocycles. The van der Waals surface area contributed by atoms with Gasteiger partial charge in [0.2, 0.25) is 0 Å². The van der Waals surface area contributed by atoms with Crippen LogP contribution in [0.15, 0.2) is 29.2 Å². The number of hydrogen-bond acceptors (Lipinski definition) is 4. The highest BCUT2D eigenvalue weighted by Gasteiger charge is 2.44. The molecule has 17 heavy (non-hydrogen) atoms. The first-order chi connectivity index (χ1) is 8.22. The smallest absolute Gasteiger partial charge is 0.0594 e. The zero-order chi connectivity index (χ0) is 12.3. The maximum absolute atomic E-state index is 9.44. The lowest BCUT2D eigenvalue weighted by Gasteiger charge is -2.44. The molecule has 0 spiro atoms. The molecule has 3 N–H and O–H groups in total. The van der Waals surface area contributed by atoms with E-state index in [-0.39, 0.29) is 18.1 Å². The largest absolute Gasteiger partial charge is 0.396 e. The Hall–Kier alpha value is -0.550. The molecule has 1 fully saturated rings. The molecule has 2 rings (SSSR count). The molecule has 1 heterocycles. The monoisotopic (exact) mass is 253 g/mol. The van der Waals surface area contributed by atoms with E-state index in [1.165, 1.54) is 4.90 Å². The Balaban J connectivity index is 2.11. The van der Waals surface area contributed by atoms with Crippen LogP contribution in [0.2, 0.25) is 0 Å². The van der Waals surface area contributed by atoms with Gasteiger partial charge in [0.15, 0.2) is 0 Å². The molecule has 0 aliphatic carbocycles. The Labute approximate surface area is 106 Å². The second-order valence-electron chi connectivity index (χ2n) is 4.49. The number of thioether (sulfide) groups is 1. The van der Waals surface area contributed by atoms with E-state index in [2.05, 4.69) is 31.2 Å². The Kier molecular flexibility index (Phi) is 4.09. The molecule has 1 unspecified atom stereocenters. The van der Waals surface area contributed by atoms with Gasteiger partial charge < -0.3 is 15.6 Å². The minimum atomic E-state index is -0.278. The molecule has 1 aliphatic heterocycles. The van der Waals surface area contributed by atoms with Crippen LogP contribution in [0.3, 0.4) is 0 Å². The average molecular weight is 253 g/mol. The van der Waals surface area contributed by atoms with Gasteiger partial charge in [-0.2, -0.15) is 0 Å². The maximum Gasteiger partial charge on any atom is 0.0594 e. The summed E-state index contributed by atoms with van der Waals surface area (Å²) in [6, 6.07) is 8.14. The number of hydrogen-bond donors (Lipinski definition) is 2. The van der Waals surface area contributed by atoms with Crippen molar-refractivity contribution in [2.75, 3.05) is 25.6 Å². The first kappa shape index (κ1) is 12.9. The van der Waals surface area contributed by atoms with E-state index in [9.17, 15) is 5.11 Å². The Bertz CT molecular complexity index is 357. The standard InChI is InChI=1S/C13H19NO2S/c1-2-17-11-5-3-10(4-6-11)12(14)13(7-15)8-16-9-13/h3-6,12,15H,2,7-9,14H2,1H3. The molecule has 0 radical (unpaired) electrons. The molecule has 1 aromatic rings. The molecule has 94 valence electrons. The molecule has 4 heteroatoms. The van der Waals surface area contributed by atoms with Crippen LogP contribution >= 0.6 is 11.8 Å². The van der Waals surface area contributed by atoms with Crippen LogP contribution in [-0.4, -0.2) is 30.7 Å². The molecular formula is C13H19NO2S. The topological polar surface area (TPSA) is 55.5 Å². The normalized spacial score (nSPS) is 19.7. The fourth-order valence-corrected chi connectivity index (χ4v) is 2.69. The van der Waals surface area contributed by atoms with Crippen molar-refractivity contribution in [3.05, 3.63) is 29.8 Å². The van der Waals surface area contributed by atoms with Gasteiger partial charge in [0.1, 0.15) is 0 Å². The van der Waals surface area contributed by atoms with Crippen molar-refractivity contribution in [1.82, 2.24) is 0 Å². The molecule has 0 aromatic heterocycles. The summed E-state index contributed by atoms with van der Waals surface area (Å²) in [5.41, 5.74) is 7.02. The van der Waals surface area contributed by atoms with E-state index in [0.717, 1.165) is 11.3 Å². The predicted octanol–water partition coefficient (Wildman–Crippen LogP) is 1.81. The Morgan fingerprint density at radius 3 is 2.47 bits per heavy atom. The molecule has 1 saturated heterocycles. The van der Waals surface area contributed by atoms with Gasteiger partial charge in [0.05, 0.1) is 25.2 Å². The van der Waals surface area contributed by atoms with Crippen LogP contribution in [-0.2, 0) is 4.74 Å². The summed E-state index contributed by atoms with van der Waals surface area (Å²) in [4.78, 5) is 1.26. The lowest BCUT2D eigenvalue weighted by atomic mass is 9.76.